The minimum atomic E-state index is 0.206. The molecule has 0 saturated heterocycles. The van der Waals surface area contributed by atoms with Crippen LogP contribution in [0, 0.1) is 23.2 Å². The van der Waals surface area contributed by atoms with E-state index in [-0.39, 0.29) is 5.41 Å². The third kappa shape index (κ3) is 2.28. The van der Waals surface area contributed by atoms with Gasteiger partial charge in [0.15, 0.2) is 0 Å². The van der Waals surface area contributed by atoms with Crippen molar-refractivity contribution in [2.45, 2.75) is 40.0 Å². The van der Waals surface area contributed by atoms with Crippen LogP contribution in [-0.4, -0.2) is 12.5 Å². The van der Waals surface area contributed by atoms with E-state index in [1.807, 2.05) is 0 Å². The Morgan fingerprint density at radius 3 is 2.29 bits per heavy atom. The van der Waals surface area contributed by atoms with Gasteiger partial charge < -0.3 is 5.32 Å². The SMILES string of the molecule is CC(C)(C)CNC(=O)C1CC2CC2C1. The molecule has 2 aliphatic rings. The number of amides is 1. The molecule has 2 atom stereocenters. The summed E-state index contributed by atoms with van der Waals surface area (Å²) in [6.45, 7) is 7.26. The average Bonchev–Trinajstić information content (AvgIpc) is 2.68. The molecule has 2 unspecified atom stereocenters. The molecule has 0 aliphatic heterocycles. The van der Waals surface area contributed by atoms with Gasteiger partial charge in [-0.2, -0.15) is 0 Å². The van der Waals surface area contributed by atoms with Crippen LogP contribution in [0.4, 0.5) is 0 Å². The van der Waals surface area contributed by atoms with Gasteiger partial charge in [0.2, 0.25) is 5.91 Å². The van der Waals surface area contributed by atoms with Gasteiger partial charge in [0.05, 0.1) is 0 Å². The number of hydrogen-bond donors (Lipinski definition) is 1. The molecule has 2 nitrogen and oxygen atoms in total. The summed E-state index contributed by atoms with van der Waals surface area (Å²) >= 11 is 0. The summed E-state index contributed by atoms with van der Waals surface area (Å²) in [4.78, 5) is 11.7. The van der Waals surface area contributed by atoms with E-state index in [4.69, 9.17) is 0 Å². The largest absolute Gasteiger partial charge is 0.355 e. The van der Waals surface area contributed by atoms with E-state index in [1.54, 1.807) is 0 Å². The molecule has 0 spiro atoms. The maximum absolute atomic E-state index is 11.7. The van der Waals surface area contributed by atoms with Gasteiger partial charge >= 0.3 is 0 Å². The third-order valence-electron chi connectivity index (χ3n) is 3.41. The third-order valence-corrected chi connectivity index (χ3v) is 3.41. The molecule has 2 fully saturated rings. The van der Waals surface area contributed by atoms with Crippen LogP contribution in [0.25, 0.3) is 0 Å². The molecule has 2 rings (SSSR count). The van der Waals surface area contributed by atoms with Crippen LogP contribution in [0.15, 0.2) is 0 Å². The predicted octanol–water partition coefficient (Wildman–Crippen LogP) is 2.19. The highest BCUT2D eigenvalue weighted by Crippen LogP contribution is 2.54. The van der Waals surface area contributed by atoms with Crippen LogP contribution < -0.4 is 5.32 Å². The first kappa shape index (κ1) is 10.0. The Balaban J connectivity index is 1.73. The molecule has 1 amide bonds. The van der Waals surface area contributed by atoms with Crippen molar-refractivity contribution in [2.24, 2.45) is 23.2 Å². The lowest BCUT2D eigenvalue weighted by Crippen LogP contribution is -2.36. The Morgan fingerprint density at radius 2 is 1.79 bits per heavy atom. The molecule has 0 aromatic rings. The molecule has 80 valence electrons. The maximum Gasteiger partial charge on any atom is 0.223 e. The molecule has 2 heteroatoms. The Morgan fingerprint density at radius 1 is 1.21 bits per heavy atom. The first-order chi connectivity index (χ1) is 6.46. The summed E-state index contributed by atoms with van der Waals surface area (Å²) in [6, 6.07) is 0. The Bertz CT molecular complexity index is 231. The first-order valence-corrected chi connectivity index (χ1v) is 5.73. The number of carbonyl (C=O) groups is 1. The first-order valence-electron chi connectivity index (χ1n) is 5.73. The van der Waals surface area contributed by atoms with Gasteiger partial charge in [-0.3, -0.25) is 4.79 Å². The fraction of sp³-hybridized carbons (Fsp3) is 0.917. The summed E-state index contributed by atoms with van der Waals surface area (Å²) in [5, 5.41) is 3.07. The molecule has 2 saturated carbocycles. The fourth-order valence-corrected chi connectivity index (χ4v) is 2.43. The highest BCUT2D eigenvalue weighted by atomic mass is 16.1. The lowest BCUT2D eigenvalue weighted by molar-refractivity contribution is -0.125. The van der Waals surface area contributed by atoms with Crippen LogP contribution in [0.2, 0.25) is 0 Å². The van der Waals surface area contributed by atoms with E-state index in [0.29, 0.717) is 11.8 Å². The van der Waals surface area contributed by atoms with Gasteiger partial charge in [0.1, 0.15) is 0 Å². The molecular formula is C12H21NO. The highest BCUT2D eigenvalue weighted by Gasteiger charge is 2.47. The number of nitrogens with one attached hydrogen (secondary N) is 1. The summed E-state index contributed by atoms with van der Waals surface area (Å²) < 4.78 is 0. The molecule has 1 N–H and O–H groups in total. The van der Waals surface area contributed by atoms with Gasteiger partial charge in [-0.05, 0) is 36.5 Å². The van der Waals surface area contributed by atoms with Crippen LogP contribution in [0.1, 0.15) is 40.0 Å². The summed E-state index contributed by atoms with van der Waals surface area (Å²) in [5.41, 5.74) is 0.206. The Hall–Kier alpha value is -0.530. The van der Waals surface area contributed by atoms with Gasteiger partial charge in [0, 0.05) is 12.5 Å². The van der Waals surface area contributed by atoms with E-state index >= 15 is 0 Å². The Labute approximate surface area is 86.5 Å². The van der Waals surface area contributed by atoms with Gasteiger partial charge in [-0.1, -0.05) is 20.8 Å². The standard InChI is InChI=1S/C12H21NO/c1-12(2,3)7-13-11(14)10-5-8-4-9(8)6-10/h8-10H,4-7H2,1-3H3,(H,13,14). The number of carbonyl (C=O) groups excluding carboxylic acids is 1. The second-order valence-electron chi connectivity index (χ2n) is 6.20. The quantitative estimate of drug-likeness (QED) is 0.719. The summed E-state index contributed by atoms with van der Waals surface area (Å²) in [7, 11) is 0. The smallest absolute Gasteiger partial charge is 0.223 e. The van der Waals surface area contributed by atoms with Crippen molar-refractivity contribution in [3.05, 3.63) is 0 Å². The molecule has 14 heavy (non-hydrogen) atoms. The average molecular weight is 195 g/mol. The topological polar surface area (TPSA) is 29.1 Å². The van der Waals surface area contributed by atoms with E-state index < -0.39 is 0 Å². The number of hydrogen-bond acceptors (Lipinski definition) is 1. The van der Waals surface area contributed by atoms with Crippen LogP contribution in [0.3, 0.4) is 0 Å². The van der Waals surface area contributed by atoms with Crippen molar-refractivity contribution < 1.29 is 4.79 Å². The molecule has 0 aromatic carbocycles. The summed E-state index contributed by atoms with van der Waals surface area (Å²) in [5.74, 6) is 2.44. The Kier molecular flexibility index (Phi) is 2.32. The van der Waals surface area contributed by atoms with Gasteiger partial charge in [0.25, 0.3) is 0 Å². The van der Waals surface area contributed by atoms with Gasteiger partial charge in [-0.25, -0.2) is 0 Å². The zero-order chi connectivity index (χ0) is 10.3. The van der Waals surface area contributed by atoms with Crippen molar-refractivity contribution >= 4 is 5.91 Å². The predicted molar refractivity (Wildman–Crippen MR) is 56.8 cm³/mol. The van der Waals surface area contributed by atoms with Crippen LogP contribution in [-0.2, 0) is 4.79 Å². The lowest BCUT2D eigenvalue weighted by atomic mass is 9.96. The second-order valence-corrected chi connectivity index (χ2v) is 6.20. The molecule has 0 aromatic heterocycles. The minimum absolute atomic E-state index is 0.206. The van der Waals surface area contributed by atoms with Crippen LogP contribution >= 0.6 is 0 Å². The molecule has 0 bridgehead atoms. The van der Waals surface area contributed by atoms with E-state index in [0.717, 1.165) is 31.2 Å². The fourth-order valence-electron chi connectivity index (χ4n) is 2.43. The van der Waals surface area contributed by atoms with Crippen molar-refractivity contribution in [1.29, 1.82) is 0 Å². The molecule has 0 heterocycles. The number of rotatable bonds is 2. The second kappa shape index (κ2) is 3.25. The monoisotopic (exact) mass is 195 g/mol. The van der Waals surface area contributed by atoms with Crippen molar-refractivity contribution in [3.8, 4) is 0 Å². The maximum atomic E-state index is 11.7. The molecule has 2 aliphatic carbocycles. The van der Waals surface area contributed by atoms with E-state index in [1.165, 1.54) is 6.42 Å². The number of fused-ring (bicyclic) bond motifs is 1. The van der Waals surface area contributed by atoms with Crippen molar-refractivity contribution in [1.82, 2.24) is 5.32 Å². The van der Waals surface area contributed by atoms with E-state index in [2.05, 4.69) is 26.1 Å². The van der Waals surface area contributed by atoms with E-state index in [9.17, 15) is 4.79 Å². The minimum Gasteiger partial charge on any atom is -0.355 e. The zero-order valence-electron chi connectivity index (χ0n) is 9.47. The summed E-state index contributed by atoms with van der Waals surface area (Å²) in [6.07, 6.45) is 3.70. The lowest BCUT2D eigenvalue weighted by Gasteiger charge is -2.20. The highest BCUT2D eigenvalue weighted by molar-refractivity contribution is 5.79. The molecular weight excluding hydrogens is 174 g/mol. The van der Waals surface area contributed by atoms with Gasteiger partial charge in [-0.15, -0.1) is 0 Å². The van der Waals surface area contributed by atoms with Crippen LogP contribution in [0.5, 0.6) is 0 Å². The van der Waals surface area contributed by atoms with Crippen molar-refractivity contribution in [2.75, 3.05) is 6.54 Å². The zero-order valence-corrected chi connectivity index (χ0v) is 9.47. The van der Waals surface area contributed by atoms with Crippen molar-refractivity contribution in [3.63, 3.8) is 0 Å². The molecule has 0 radical (unpaired) electrons. The normalized spacial score (nSPS) is 35.2.